The lowest BCUT2D eigenvalue weighted by Crippen LogP contribution is -2.12. The third-order valence-electron chi connectivity index (χ3n) is 5.00. The van der Waals surface area contributed by atoms with Crippen LogP contribution in [0.5, 0.6) is 5.75 Å². The summed E-state index contributed by atoms with van der Waals surface area (Å²) in [4.78, 5) is 25.1. The van der Waals surface area contributed by atoms with E-state index in [1.165, 1.54) is 0 Å². The number of nitrogens with two attached hydrogens (primary N) is 1. The van der Waals surface area contributed by atoms with Crippen LogP contribution in [0, 0.1) is 13.8 Å². The summed E-state index contributed by atoms with van der Waals surface area (Å²) < 4.78 is 13.0. The van der Waals surface area contributed by atoms with Crippen LogP contribution in [-0.2, 0) is 11.3 Å². The highest BCUT2D eigenvalue weighted by Crippen LogP contribution is 2.38. The molecule has 0 bridgehead atoms. The number of esters is 1. The van der Waals surface area contributed by atoms with E-state index in [0.717, 1.165) is 24.2 Å². The number of para-hydroxylation sites is 2. The van der Waals surface area contributed by atoms with Crippen LogP contribution in [0.25, 0.3) is 0 Å². The summed E-state index contributed by atoms with van der Waals surface area (Å²) >= 11 is 0. The summed E-state index contributed by atoms with van der Waals surface area (Å²) in [6.07, 6.45) is 2.30. The topological polar surface area (TPSA) is 117 Å². The van der Waals surface area contributed by atoms with E-state index in [0.29, 0.717) is 23.0 Å². The third-order valence-corrected chi connectivity index (χ3v) is 5.00. The Morgan fingerprint density at radius 1 is 1.23 bits per heavy atom. The van der Waals surface area contributed by atoms with Crippen molar-refractivity contribution in [2.75, 3.05) is 18.2 Å². The second kappa shape index (κ2) is 8.02. The van der Waals surface area contributed by atoms with Gasteiger partial charge in [0.2, 0.25) is 11.9 Å². The zero-order valence-corrected chi connectivity index (χ0v) is 17.2. The van der Waals surface area contributed by atoms with Gasteiger partial charge in [0.1, 0.15) is 5.75 Å². The first kappa shape index (κ1) is 19.7. The summed E-state index contributed by atoms with van der Waals surface area (Å²) in [5.74, 6) is 0.748. The minimum atomic E-state index is -0.409. The summed E-state index contributed by atoms with van der Waals surface area (Å²) in [7, 11) is 1.58. The van der Waals surface area contributed by atoms with Gasteiger partial charge in [0.15, 0.2) is 12.4 Å². The van der Waals surface area contributed by atoms with Crippen LogP contribution in [0.1, 0.15) is 46.5 Å². The molecular formula is C21H24N6O3. The molecule has 0 unspecified atom stereocenters. The second-order valence-electron chi connectivity index (χ2n) is 7.22. The molecule has 9 heteroatoms. The van der Waals surface area contributed by atoms with Crippen molar-refractivity contribution in [2.45, 2.75) is 39.3 Å². The van der Waals surface area contributed by atoms with Gasteiger partial charge < -0.3 is 25.1 Å². The van der Waals surface area contributed by atoms with Gasteiger partial charge in [0.05, 0.1) is 18.4 Å². The van der Waals surface area contributed by atoms with Gasteiger partial charge in [-0.05, 0) is 44.9 Å². The fraction of sp³-hybridized carbons (Fsp3) is 0.333. The Morgan fingerprint density at radius 2 is 2.00 bits per heavy atom. The first-order valence-electron chi connectivity index (χ1n) is 9.72. The molecule has 3 N–H and O–H groups in total. The van der Waals surface area contributed by atoms with Crippen LogP contribution in [-0.4, -0.2) is 32.6 Å². The van der Waals surface area contributed by atoms with Crippen molar-refractivity contribution in [2.24, 2.45) is 0 Å². The van der Waals surface area contributed by atoms with E-state index in [9.17, 15) is 4.79 Å². The highest BCUT2D eigenvalue weighted by Gasteiger charge is 2.28. The Bertz CT molecular complexity index is 1090. The number of nitrogens with one attached hydrogen (secondary N) is 1. The normalized spacial score (nSPS) is 13.2. The van der Waals surface area contributed by atoms with Crippen LogP contribution in [0.2, 0.25) is 0 Å². The maximum atomic E-state index is 12.6. The van der Waals surface area contributed by atoms with Crippen LogP contribution in [0.3, 0.4) is 0 Å². The quantitative estimate of drug-likeness (QED) is 0.572. The smallest absolute Gasteiger partial charge is 0.340 e. The molecule has 0 atom stereocenters. The van der Waals surface area contributed by atoms with E-state index in [2.05, 4.69) is 24.8 Å². The standard InChI is InChI=1S/C21H24N6O3/c1-12-10-15(13(2)27(12)14-8-9-14)19(28)30-11-18-24-20(22)26-21(25-18)23-16-6-4-5-7-17(16)29-3/h4-7,10,14H,8-9,11H2,1-3H3,(H3,22,23,24,25,26). The van der Waals surface area contributed by atoms with Crippen molar-refractivity contribution in [1.82, 2.24) is 19.5 Å². The minimum Gasteiger partial charge on any atom is -0.495 e. The Kier molecular flexibility index (Phi) is 5.26. The molecule has 30 heavy (non-hydrogen) atoms. The molecular weight excluding hydrogens is 384 g/mol. The van der Waals surface area contributed by atoms with Gasteiger partial charge in [-0.3, -0.25) is 0 Å². The van der Waals surface area contributed by atoms with Gasteiger partial charge in [-0.15, -0.1) is 0 Å². The number of hydrogen-bond donors (Lipinski definition) is 2. The van der Waals surface area contributed by atoms with Crippen molar-refractivity contribution in [1.29, 1.82) is 0 Å². The first-order chi connectivity index (χ1) is 14.5. The number of aryl methyl sites for hydroxylation is 1. The number of hydrogen-bond acceptors (Lipinski definition) is 8. The van der Waals surface area contributed by atoms with Crippen molar-refractivity contribution in [3.05, 3.63) is 53.1 Å². The van der Waals surface area contributed by atoms with Crippen molar-refractivity contribution in [3.8, 4) is 5.75 Å². The van der Waals surface area contributed by atoms with Gasteiger partial charge in [0, 0.05) is 17.4 Å². The number of rotatable bonds is 7. The molecule has 1 saturated carbocycles. The molecule has 3 aromatic rings. The van der Waals surface area contributed by atoms with Gasteiger partial charge in [-0.1, -0.05) is 12.1 Å². The Labute approximate surface area is 174 Å². The molecule has 1 fully saturated rings. The number of aromatic nitrogens is 4. The molecule has 156 valence electrons. The number of carbonyl (C=O) groups is 1. The molecule has 1 aliphatic rings. The SMILES string of the molecule is COc1ccccc1Nc1nc(N)nc(COC(=O)c2cc(C)n(C3CC3)c2C)n1. The number of nitrogen functional groups attached to an aromatic ring is 1. The number of anilines is 3. The molecule has 0 radical (unpaired) electrons. The van der Waals surface area contributed by atoms with Crippen molar-refractivity contribution >= 4 is 23.6 Å². The average molecular weight is 408 g/mol. The number of ether oxygens (including phenoxy) is 2. The molecule has 0 amide bonds. The zero-order chi connectivity index (χ0) is 21.3. The lowest BCUT2D eigenvalue weighted by molar-refractivity contribution is 0.0461. The summed E-state index contributed by atoms with van der Waals surface area (Å²) in [6, 6.07) is 9.72. The van der Waals surface area contributed by atoms with E-state index in [4.69, 9.17) is 15.2 Å². The maximum Gasteiger partial charge on any atom is 0.340 e. The van der Waals surface area contributed by atoms with E-state index >= 15 is 0 Å². The number of methoxy groups -OCH3 is 1. The maximum absolute atomic E-state index is 12.6. The lowest BCUT2D eigenvalue weighted by Gasteiger charge is -2.11. The highest BCUT2D eigenvalue weighted by molar-refractivity contribution is 5.91. The third kappa shape index (κ3) is 4.05. The van der Waals surface area contributed by atoms with Crippen molar-refractivity contribution < 1.29 is 14.3 Å². The molecule has 1 aliphatic carbocycles. The first-order valence-corrected chi connectivity index (χ1v) is 9.72. The average Bonchev–Trinajstić information content (AvgIpc) is 3.50. The monoisotopic (exact) mass is 408 g/mol. The van der Waals surface area contributed by atoms with Gasteiger partial charge in [-0.2, -0.15) is 15.0 Å². The van der Waals surface area contributed by atoms with E-state index < -0.39 is 5.97 Å². The number of benzene rings is 1. The van der Waals surface area contributed by atoms with E-state index in [1.807, 2.05) is 44.2 Å². The molecule has 0 aliphatic heterocycles. The second-order valence-corrected chi connectivity index (χ2v) is 7.22. The summed E-state index contributed by atoms with van der Waals surface area (Å²) in [5, 5.41) is 3.05. The predicted molar refractivity (Wildman–Crippen MR) is 112 cm³/mol. The Hall–Kier alpha value is -3.62. The molecule has 0 spiro atoms. The predicted octanol–water partition coefficient (Wildman–Crippen LogP) is 3.32. The van der Waals surface area contributed by atoms with Crippen LogP contribution in [0.15, 0.2) is 30.3 Å². The Balaban J connectivity index is 1.47. The fourth-order valence-corrected chi connectivity index (χ4v) is 3.51. The molecule has 2 heterocycles. The summed E-state index contributed by atoms with van der Waals surface area (Å²) in [6.45, 7) is 3.84. The van der Waals surface area contributed by atoms with Gasteiger partial charge >= 0.3 is 5.97 Å². The molecule has 0 saturated heterocycles. The zero-order valence-electron chi connectivity index (χ0n) is 17.2. The molecule has 2 aromatic heterocycles. The largest absolute Gasteiger partial charge is 0.495 e. The van der Waals surface area contributed by atoms with Gasteiger partial charge in [0.25, 0.3) is 0 Å². The fourth-order valence-electron chi connectivity index (χ4n) is 3.51. The van der Waals surface area contributed by atoms with Gasteiger partial charge in [-0.25, -0.2) is 4.79 Å². The van der Waals surface area contributed by atoms with Crippen LogP contribution >= 0.6 is 0 Å². The van der Waals surface area contributed by atoms with Crippen LogP contribution in [0.4, 0.5) is 17.6 Å². The molecule has 1 aromatic carbocycles. The number of nitrogens with zero attached hydrogens (tertiary/aromatic N) is 4. The molecule has 4 rings (SSSR count). The van der Waals surface area contributed by atoms with E-state index in [1.54, 1.807) is 7.11 Å². The van der Waals surface area contributed by atoms with Crippen molar-refractivity contribution in [3.63, 3.8) is 0 Å². The van der Waals surface area contributed by atoms with Crippen LogP contribution < -0.4 is 15.8 Å². The molecule has 9 nitrogen and oxygen atoms in total. The highest BCUT2D eigenvalue weighted by atomic mass is 16.5. The number of carbonyl (C=O) groups excluding carboxylic acids is 1. The summed E-state index contributed by atoms with van der Waals surface area (Å²) in [5.41, 5.74) is 9.05. The Morgan fingerprint density at radius 3 is 2.73 bits per heavy atom. The van der Waals surface area contributed by atoms with E-state index in [-0.39, 0.29) is 24.3 Å². The lowest BCUT2D eigenvalue weighted by atomic mass is 10.2. The minimum absolute atomic E-state index is 0.0281.